The van der Waals surface area contributed by atoms with Gasteiger partial charge in [0.2, 0.25) is 0 Å². The minimum atomic E-state index is -0.403. The number of carbonyl (C=O) groups excluding carboxylic acids is 1. The van der Waals surface area contributed by atoms with Crippen LogP contribution in [-0.2, 0) is 20.9 Å². The lowest BCUT2D eigenvalue weighted by Gasteiger charge is -2.07. The molecule has 0 N–H and O–H groups in total. The van der Waals surface area contributed by atoms with E-state index >= 15 is 0 Å². The molecule has 2 atom stereocenters. The maximum Gasteiger partial charge on any atom is 0.336 e. The Balaban J connectivity index is 1.82. The summed E-state index contributed by atoms with van der Waals surface area (Å²) in [4.78, 5) is 11.5. The highest BCUT2D eigenvalue weighted by molar-refractivity contribution is 7.99. The number of ether oxygens (including phenoxy) is 2. The topological polar surface area (TPSA) is 35.5 Å². The second-order valence-electron chi connectivity index (χ2n) is 3.84. The lowest BCUT2D eigenvalue weighted by molar-refractivity contribution is -0.148. The fraction of sp³-hybridized carbons (Fsp3) is 0.462. The average molecular weight is 252 g/mol. The molecule has 0 bridgehead atoms. The number of benzene rings is 1. The summed E-state index contributed by atoms with van der Waals surface area (Å²) < 4.78 is 10.8. The number of carbonyl (C=O) groups is 1. The van der Waals surface area contributed by atoms with Crippen LogP contribution in [0.25, 0.3) is 0 Å². The molecular weight excluding hydrogens is 236 g/mol. The van der Waals surface area contributed by atoms with E-state index in [4.69, 9.17) is 9.47 Å². The van der Waals surface area contributed by atoms with Crippen molar-refractivity contribution in [2.45, 2.75) is 31.5 Å². The zero-order valence-electron chi connectivity index (χ0n) is 9.80. The highest BCUT2D eigenvalue weighted by Crippen LogP contribution is 2.27. The van der Waals surface area contributed by atoms with Gasteiger partial charge < -0.3 is 9.47 Å². The first-order valence-corrected chi connectivity index (χ1v) is 6.82. The predicted molar refractivity (Wildman–Crippen MR) is 67.6 cm³/mol. The van der Waals surface area contributed by atoms with Crippen LogP contribution in [0.2, 0.25) is 0 Å². The van der Waals surface area contributed by atoms with E-state index in [-0.39, 0.29) is 11.4 Å². The van der Waals surface area contributed by atoms with Gasteiger partial charge in [-0.2, -0.15) is 0 Å². The zero-order chi connectivity index (χ0) is 12.1. The van der Waals surface area contributed by atoms with Crippen LogP contribution in [0.5, 0.6) is 0 Å². The fourth-order valence-corrected chi connectivity index (χ4v) is 2.57. The van der Waals surface area contributed by atoms with Crippen LogP contribution in [0.15, 0.2) is 30.3 Å². The molecule has 0 aromatic heterocycles. The molecule has 4 heteroatoms. The van der Waals surface area contributed by atoms with Crippen molar-refractivity contribution in [3.63, 3.8) is 0 Å². The van der Waals surface area contributed by atoms with Crippen molar-refractivity contribution in [3.05, 3.63) is 35.9 Å². The van der Waals surface area contributed by atoms with Crippen LogP contribution in [0.1, 0.15) is 18.9 Å². The monoisotopic (exact) mass is 252 g/mol. The van der Waals surface area contributed by atoms with Gasteiger partial charge in [0.25, 0.3) is 0 Å². The molecule has 1 aliphatic rings. The predicted octanol–water partition coefficient (Wildman–Crippen LogP) is 2.60. The smallest absolute Gasteiger partial charge is 0.336 e. The summed E-state index contributed by atoms with van der Waals surface area (Å²) in [7, 11) is 0. The van der Waals surface area contributed by atoms with E-state index in [0.29, 0.717) is 13.0 Å². The van der Waals surface area contributed by atoms with Crippen molar-refractivity contribution in [1.82, 2.24) is 0 Å². The lowest BCUT2D eigenvalue weighted by atomic mass is 10.2. The van der Waals surface area contributed by atoms with Crippen molar-refractivity contribution in [2.75, 3.05) is 5.75 Å². The standard InChI is InChI=1S/C13H16O3S/c1-2-17-12-8-11(13(14)16-12)15-9-10-6-4-3-5-7-10/h3-7,11-12H,2,8-9H2,1H3/t11-,12?/m0/s1. The van der Waals surface area contributed by atoms with Gasteiger partial charge in [-0.3, -0.25) is 0 Å². The molecule has 1 fully saturated rings. The van der Waals surface area contributed by atoms with Crippen LogP contribution in [0.4, 0.5) is 0 Å². The summed E-state index contributed by atoms with van der Waals surface area (Å²) in [6, 6.07) is 9.85. The Hall–Kier alpha value is -1.00. The van der Waals surface area contributed by atoms with E-state index in [0.717, 1.165) is 11.3 Å². The molecule has 92 valence electrons. The third-order valence-corrected chi connectivity index (χ3v) is 3.56. The number of hydrogen-bond donors (Lipinski definition) is 0. The molecule has 1 aromatic carbocycles. The van der Waals surface area contributed by atoms with Crippen molar-refractivity contribution in [1.29, 1.82) is 0 Å². The van der Waals surface area contributed by atoms with E-state index in [9.17, 15) is 4.79 Å². The second-order valence-corrected chi connectivity index (χ2v) is 5.28. The van der Waals surface area contributed by atoms with Crippen LogP contribution in [0.3, 0.4) is 0 Å². The molecule has 3 nitrogen and oxygen atoms in total. The summed E-state index contributed by atoms with van der Waals surface area (Å²) in [5.74, 6) is 0.718. The Morgan fingerprint density at radius 3 is 2.88 bits per heavy atom. The summed E-state index contributed by atoms with van der Waals surface area (Å²) in [5, 5.41) is 0. The van der Waals surface area contributed by atoms with Gasteiger partial charge in [-0.05, 0) is 11.3 Å². The zero-order valence-corrected chi connectivity index (χ0v) is 10.6. The number of rotatable bonds is 5. The van der Waals surface area contributed by atoms with Crippen LogP contribution >= 0.6 is 11.8 Å². The maximum atomic E-state index is 11.5. The first kappa shape index (κ1) is 12.5. The van der Waals surface area contributed by atoms with Crippen LogP contribution < -0.4 is 0 Å². The fourth-order valence-electron chi connectivity index (χ4n) is 1.72. The normalized spacial score (nSPS) is 23.7. The highest BCUT2D eigenvalue weighted by Gasteiger charge is 2.35. The number of thioether (sulfide) groups is 1. The van der Waals surface area contributed by atoms with Crippen LogP contribution in [-0.4, -0.2) is 23.3 Å². The van der Waals surface area contributed by atoms with E-state index < -0.39 is 6.10 Å². The van der Waals surface area contributed by atoms with Gasteiger partial charge in [-0.15, -0.1) is 11.8 Å². The molecule has 1 heterocycles. The van der Waals surface area contributed by atoms with Gasteiger partial charge in [0.05, 0.1) is 6.61 Å². The molecule has 0 amide bonds. The lowest BCUT2D eigenvalue weighted by Crippen LogP contribution is -2.18. The van der Waals surface area contributed by atoms with E-state index in [1.165, 1.54) is 0 Å². The highest BCUT2D eigenvalue weighted by atomic mass is 32.2. The molecule has 1 aliphatic heterocycles. The van der Waals surface area contributed by atoms with Gasteiger partial charge in [-0.1, -0.05) is 37.3 Å². The van der Waals surface area contributed by atoms with Crippen molar-refractivity contribution >= 4 is 17.7 Å². The first-order valence-electron chi connectivity index (χ1n) is 5.77. The van der Waals surface area contributed by atoms with Gasteiger partial charge in [0.15, 0.2) is 11.5 Å². The van der Waals surface area contributed by atoms with Gasteiger partial charge >= 0.3 is 5.97 Å². The summed E-state index contributed by atoms with van der Waals surface area (Å²) in [6.45, 7) is 2.51. The summed E-state index contributed by atoms with van der Waals surface area (Å²) >= 11 is 1.65. The summed E-state index contributed by atoms with van der Waals surface area (Å²) in [5.41, 5.74) is 1.04. The quantitative estimate of drug-likeness (QED) is 0.755. The molecule has 2 rings (SSSR count). The Morgan fingerprint density at radius 2 is 2.18 bits per heavy atom. The average Bonchev–Trinajstić information content (AvgIpc) is 2.69. The Bertz CT molecular complexity index is 366. The SMILES string of the molecule is CCSC1C[C@H](OCc2ccccc2)C(=O)O1. The number of hydrogen-bond acceptors (Lipinski definition) is 4. The van der Waals surface area contributed by atoms with Gasteiger partial charge in [0, 0.05) is 6.42 Å². The third kappa shape index (κ3) is 3.48. The van der Waals surface area contributed by atoms with Crippen molar-refractivity contribution < 1.29 is 14.3 Å². The Kier molecular flexibility index (Phi) is 4.45. The summed E-state index contributed by atoms with van der Waals surface area (Å²) in [6.07, 6.45) is 0.253. The molecule has 0 saturated carbocycles. The minimum Gasteiger partial charge on any atom is -0.449 e. The molecule has 1 saturated heterocycles. The molecule has 17 heavy (non-hydrogen) atoms. The number of esters is 1. The maximum absolute atomic E-state index is 11.5. The van der Waals surface area contributed by atoms with E-state index in [1.54, 1.807) is 11.8 Å². The molecule has 1 unspecified atom stereocenters. The molecule has 1 aromatic rings. The van der Waals surface area contributed by atoms with E-state index in [1.807, 2.05) is 30.3 Å². The van der Waals surface area contributed by atoms with Crippen LogP contribution in [0, 0.1) is 0 Å². The van der Waals surface area contributed by atoms with Crippen molar-refractivity contribution in [3.8, 4) is 0 Å². The third-order valence-electron chi connectivity index (χ3n) is 2.56. The Labute approximate surface area is 105 Å². The molecule has 0 spiro atoms. The van der Waals surface area contributed by atoms with E-state index in [2.05, 4.69) is 6.92 Å². The first-order chi connectivity index (χ1) is 8.29. The molecule has 0 radical (unpaired) electrons. The number of cyclic esters (lactones) is 1. The van der Waals surface area contributed by atoms with Gasteiger partial charge in [-0.25, -0.2) is 4.79 Å². The Morgan fingerprint density at radius 1 is 1.41 bits per heavy atom. The molecule has 0 aliphatic carbocycles. The van der Waals surface area contributed by atoms with Crippen molar-refractivity contribution in [2.24, 2.45) is 0 Å². The largest absolute Gasteiger partial charge is 0.449 e. The van der Waals surface area contributed by atoms with Gasteiger partial charge in [0.1, 0.15) is 0 Å². The molecular formula is C13H16O3S. The second kappa shape index (κ2) is 6.07. The minimum absolute atomic E-state index is 0.0340.